The fourth-order valence-corrected chi connectivity index (χ4v) is 2.05. The van der Waals surface area contributed by atoms with Gasteiger partial charge < -0.3 is 5.73 Å². The third-order valence-electron chi connectivity index (χ3n) is 3.08. The smallest absolute Gasteiger partial charge is 0.182 e. The van der Waals surface area contributed by atoms with Gasteiger partial charge >= 0.3 is 0 Å². The average molecular weight is 259 g/mol. The summed E-state index contributed by atoms with van der Waals surface area (Å²) in [5, 5.41) is 11.9. The third-order valence-corrected chi connectivity index (χ3v) is 3.08. The number of benzene rings is 1. The minimum Gasteiger partial charge on any atom is -0.399 e. The molecular weight excluding hydrogens is 238 g/mol. The van der Waals surface area contributed by atoms with Gasteiger partial charge in [-0.25, -0.2) is 4.68 Å². The van der Waals surface area contributed by atoms with Crippen molar-refractivity contribution in [3.05, 3.63) is 24.3 Å². The number of tetrazole rings is 1. The molecule has 5 nitrogen and oxygen atoms in total. The van der Waals surface area contributed by atoms with Gasteiger partial charge in [0.15, 0.2) is 5.82 Å². The Balaban J connectivity index is 2.02. The number of rotatable bonds is 6. The van der Waals surface area contributed by atoms with Crippen LogP contribution >= 0.6 is 0 Å². The van der Waals surface area contributed by atoms with Crippen molar-refractivity contribution in [1.29, 1.82) is 0 Å². The SMILES string of the molecule is CC(C)CCCCn1nnnc1-c1cccc(N)c1. The van der Waals surface area contributed by atoms with E-state index in [-0.39, 0.29) is 0 Å². The summed E-state index contributed by atoms with van der Waals surface area (Å²) < 4.78 is 1.86. The van der Waals surface area contributed by atoms with Gasteiger partial charge in [-0.1, -0.05) is 38.8 Å². The van der Waals surface area contributed by atoms with Gasteiger partial charge in [0.2, 0.25) is 0 Å². The summed E-state index contributed by atoms with van der Waals surface area (Å²) >= 11 is 0. The third kappa shape index (κ3) is 3.77. The fourth-order valence-electron chi connectivity index (χ4n) is 2.05. The molecule has 2 rings (SSSR count). The van der Waals surface area contributed by atoms with Crippen molar-refractivity contribution >= 4 is 5.69 Å². The van der Waals surface area contributed by atoms with Crippen LogP contribution in [0.15, 0.2) is 24.3 Å². The van der Waals surface area contributed by atoms with Crippen LogP contribution in [0.1, 0.15) is 33.1 Å². The molecule has 0 saturated carbocycles. The van der Waals surface area contributed by atoms with Gasteiger partial charge in [0.1, 0.15) is 0 Å². The van der Waals surface area contributed by atoms with Crippen molar-refractivity contribution in [3.8, 4) is 11.4 Å². The summed E-state index contributed by atoms with van der Waals surface area (Å²) in [5.74, 6) is 1.54. The molecule has 102 valence electrons. The first-order valence-corrected chi connectivity index (χ1v) is 6.79. The van der Waals surface area contributed by atoms with Crippen LogP contribution in [0, 0.1) is 5.92 Å². The molecule has 2 aromatic rings. The summed E-state index contributed by atoms with van der Waals surface area (Å²) in [4.78, 5) is 0. The highest BCUT2D eigenvalue weighted by atomic mass is 15.5. The molecule has 0 amide bonds. The van der Waals surface area contributed by atoms with Crippen LogP contribution in [-0.2, 0) is 6.54 Å². The second kappa shape index (κ2) is 6.31. The molecule has 0 fully saturated rings. The fraction of sp³-hybridized carbons (Fsp3) is 0.500. The maximum Gasteiger partial charge on any atom is 0.182 e. The van der Waals surface area contributed by atoms with Crippen molar-refractivity contribution in [3.63, 3.8) is 0 Å². The van der Waals surface area contributed by atoms with Gasteiger partial charge in [-0.2, -0.15) is 0 Å². The predicted molar refractivity (Wildman–Crippen MR) is 76.4 cm³/mol. The molecule has 0 saturated heterocycles. The van der Waals surface area contributed by atoms with Crippen LogP contribution in [-0.4, -0.2) is 20.2 Å². The van der Waals surface area contributed by atoms with E-state index in [1.165, 1.54) is 12.8 Å². The first-order chi connectivity index (χ1) is 9.16. The normalized spacial score (nSPS) is 11.1. The van der Waals surface area contributed by atoms with Gasteiger partial charge in [-0.3, -0.25) is 0 Å². The lowest BCUT2D eigenvalue weighted by Gasteiger charge is -2.06. The van der Waals surface area contributed by atoms with E-state index in [1.54, 1.807) is 0 Å². The average Bonchev–Trinajstić information content (AvgIpc) is 2.83. The highest BCUT2D eigenvalue weighted by Crippen LogP contribution is 2.19. The number of anilines is 1. The topological polar surface area (TPSA) is 69.6 Å². The Kier molecular flexibility index (Phi) is 4.49. The van der Waals surface area contributed by atoms with Gasteiger partial charge in [-0.05, 0) is 34.9 Å². The zero-order chi connectivity index (χ0) is 13.7. The van der Waals surface area contributed by atoms with Crippen LogP contribution < -0.4 is 5.73 Å². The van der Waals surface area contributed by atoms with Crippen LogP contribution in [0.3, 0.4) is 0 Å². The highest BCUT2D eigenvalue weighted by molar-refractivity contribution is 5.60. The molecule has 2 N–H and O–H groups in total. The van der Waals surface area contributed by atoms with E-state index in [2.05, 4.69) is 29.4 Å². The van der Waals surface area contributed by atoms with E-state index < -0.39 is 0 Å². The largest absolute Gasteiger partial charge is 0.399 e. The number of unbranched alkanes of at least 4 members (excludes halogenated alkanes) is 1. The van der Waals surface area contributed by atoms with Crippen LogP contribution in [0.5, 0.6) is 0 Å². The van der Waals surface area contributed by atoms with Gasteiger partial charge in [-0.15, -0.1) is 5.10 Å². The lowest BCUT2D eigenvalue weighted by Crippen LogP contribution is -2.04. The molecule has 0 bridgehead atoms. The van der Waals surface area contributed by atoms with E-state index in [0.29, 0.717) is 0 Å². The number of aromatic nitrogens is 4. The number of hydrogen-bond acceptors (Lipinski definition) is 4. The van der Waals surface area contributed by atoms with Crippen LogP contribution in [0.25, 0.3) is 11.4 Å². The Morgan fingerprint density at radius 2 is 2.11 bits per heavy atom. The zero-order valence-corrected chi connectivity index (χ0v) is 11.6. The predicted octanol–water partition coefficient (Wildman–Crippen LogP) is 2.75. The first-order valence-electron chi connectivity index (χ1n) is 6.79. The minimum absolute atomic E-state index is 0.729. The lowest BCUT2D eigenvalue weighted by atomic mass is 10.1. The Hall–Kier alpha value is -1.91. The minimum atomic E-state index is 0.729. The molecule has 5 heteroatoms. The van der Waals surface area contributed by atoms with Crippen molar-refractivity contribution < 1.29 is 0 Å². The lowest BCUT2D eigenvalue weighted by molar-refractivity contribution is 0.487. The number of aryl methyl sites for hydroxylation is 1. The molecule has 0 aliphatic carbocycles. The van der Waals surface area contributed by atoms with Crippen LogP contribution in [0.4, 0.5) is 5.69 Å². The van der Waals surface area contributed by atoms with E-state index in [4.69, 9.17) is 5.73 Å². The van der Waals surface area contributed by atoms with Crippen molar-refractivity contribution in [1.82, 2.24) is 20.2 Å². The molecule has 19 heavy (non-hydrogen) atoms. The van der Waals surface area contributed by atoms with Crippen molar-refractivity contribution in [2.24, 2.45) is 5.92 Å². The summed E-state index contributed by atoms with van der Waals surface area (Å²) in [7, 11) is 0. The zero-order valence-electron chi connectivity index (χ0n) is 11.6. The molecule has 0 aliphatic heterocycles. The molecule has 1 aromatic heterocycles. The summed E-state index contributed by atoms with van der Waals surface area (Å²) in [6.07, 6.45) is 3.54. The second-order valence-corrected chi connectivity index (χ2v) is 5.24. The molecule has 0 spiro atoms. The van der Waals surface area contributed by atoms with Gasteiger partial charge in [0.05, 0.1) is 0 Å². The molecule has 0 aliphatic rings. The van der Waals surface area contributed by atoms with Crippen molar-refractivity contribution in [2.75, 3.05) is 5.73 Å². The first kappa shape index (κ1) is 13.5. The van der Waals surface area contributed by atoms with Gasteiger partial charge in [0.25, 0.3) is 0 Å². The molecular formula is C14H21N5. The number of nitrogens with zero attached hydrogens (tertiary/aromatic N) is 4. The standard InChI is InChI=1S/C14H21N5/c1-11(2)6-3-4-9-19-14(16-17-18-19)12-7-5-8-13(15)10-12/h5,7-8,10-11H,3-4,6,9,15H2,1-2H3. The monoisotopic (exact) mass is 259 g/mol. The van der Waals surface area contributed by atoms with E-state index in [9.17, 15) is 0 Å². The summed E-state index contributed by atoms with van der Waals surface area (Å²) in [6.45, 7) is 5.34. The Bertz CT molecular complexity index is 518. The van der Waals surface area contributed by atoms with Gasteiger partial charge in [0, 0.05) is 17.8 Å². The van der Waals surface area contributed by atoms with Crippen molar-refractivity contribution in [2.45, 2.75) is 39.7 Å². The molecule has 0 radical (unpaired) electrons. The van der Waals surface area contributed by atoms with Crippen LogP contribution in [0.2, 0.25) is 0 Å². The molecule has 0 atom stereocenters. The quantitative estimate of drug-likeness (QED) is 0.639. The number of hydrogen-bond donors (Lipinski definition) is 1. The maximum atomic E-state index is 5.79. The number of nitrogens with two attached hydrogens (primary N) is 1. The van der Waals surface area contributed by atoms with E-state index in [1.807, 2.05) is 28.9 Å². The van der Waals surface area contributed by atoms with E-state index >= 15 is 0 Å². The maximum absolute atomic E-state index is 5.79. The highest BCUT2D eigenvalue weighted by Gasteiger charge is 2.08. The summed E-state index contributed by atoms with van der Waals surface area (Å²) in [5.41, 5.74) is 7.49. The Morgan fingerprint density at radius 1 is 1.26 bits per heavy atom. The number of nitrogen functional groups attached to an aromatic ring is 1. The molecule has 0 unspecified atom stereocenters. The van der Waals surface area contributed by atoms with E-state index in [0.717, 1.165) is 36.0 Å². The second-order valence-electron chi connectivity index (χ2n) is 5.24. The Morgan fingerprint density at radius 3 is 2.84 bits per heavy atom. The molecule has 1 aromatic carbocycles. The molecule has 1 heterocycles. The Labute approximate surface area is 113 Å². The summed E-state index contributed by atoms with van der Waals surface area (Å²) in [6, 6.07) is 7.66.